The van der Waals surface area contributed by atoms with Gasteiger partial charge in [0.15, 0.2) is 6.10 Å². The fraction of sp³-hybridized carbons (Fsp3) is 0.125. The van der Waals surface area contributed by atoms with Gasteiger partial charge in [0.25, 0.3) is 0 Å². The molecular formula is C16H13FN2O. The lowest BCUT2D eigenvalue weighted by molar-refractivity contribution is 0.162. The van der Waals surface area contributed by atoms with Gasteiger partial charge in [-0.25, -0.2) is 14.4 Å². The Morgan fingerprint density at radius 2 is 1.70 bits per heavy atom. The Kier molecular flexibility index (Phi) is 3.54. The van der Waals surface area contributed by atoms with Crippen molar-refractivity contribution >= 4 is 10.9 Å². The fourth-order valence-corrected chi connectivity index (χ4v) is 2.07. The van der Waals surface area contributed by atoms with E-state index >= 15 is 0 Å². The molecule has 3 aromatic rings. The van der Waals surface area contributed by atoms with Gasteiger partial charge < -0.3 is 4.74 Å². The molecule has 1 atom stereocenters. The molecule has 0 spiro atoms. The zero-order valence-electron chi connectivity index (χ0n) is 10.7. The number of benzene rings is 2. The molecule has 0 aliphatic rings. The smallest absolute Gasteiger partial charge is 0.225 e. The SMILES string of the molecule is FCC(Oc1ncnc2ccccc12)c1ccccc1. The van der Waals surface area contributed by atoms with Crippen LogP contribution in [0, 0.1) is 0 Å². The van der Waals surface area contributed by atoms with E-state index in [1.54, 1.807) is 0 Å². The predicted molar refractivity (Wildman–Crippen MR) is 75.3 cm³/mol. The number of hydrogen-bond donors (Lipinski definition) is 0. The maximum Gasteiger partial charge on any atom is 0.225 e. The second kappa shape index (κ2) is 5.65. The third-order valence-corrected chi connectivity index (χ3v) is 3.07. The summed E-state index contributed by atoms with van der Waals surface area (Å²) in [4.78, 5) is 8.28. The van der Waals surface area contributed by atoms with Gasteiger partial charge in [-0.1, -0.05) is 42.5 Å². The highest BCUT2D eigenvalue weighted by atomic mass is 19.1. The Labute approximate surface area is 116 Å². The van der Waals surface area contributed by atoms with E-state index in [-0.39, 0.29) is 0 Å². The van der Waals surface area contributed by atoms with Gasteiger partial charge in [-0.15, -0.1) is 0 Å². The molecule has 1 heterocycles. The highest BCUT2D eigenvalue weighted by Gasteiger charge is 2.15. The van der Waals surface area contributed by atoms with Crippen molar-refractivity contribution in [1.29, 1.82) is 0 Å². The maximum absolute atomic E-state index is 13.3. The largest absolute Gasteiger partial charge is 0.466 e. The molecule has 4 heteroatoms. The molecule has 0 saturated heterocycles. The van der Waals surface area contributed by atoms with E-state index in [0.29, 0.717) is 5.88 Å². The Morgan fingerprint density at radius 1 is 0.950 bits per heavy atom. The number of fused-ring (bicyclic) bond motifs is 1. The molecular weight excluding hydrogens is 255 g/mol. The number of aromatic nitrogens is 2. The molecule has 20 heavy (non-hydrogen) atoms. The van der Waals surface area contributed by atoms with Crippen LogP contribution >= 0.6 is 0 Å². The molecule has 3 nitrogen and oxygen atoms in total. The summed E-state index contributed by atoms with van der Waals surface area (Å²) in [6.07, 6.45) is 0.771. The van der Waals surface area contributed by atoms with Crippen molar-refractivity contribution in [1.82, 2.24) is 9.97 Å². The number of para-hydroxylation sites is 1. The van der Waals surface area contributed by atoms with Crippen LogP contribution in [0.5, 0.6) is 5.88 Å². The maximum atomic E-state index is 13.3. The third kappa shape index (κ3) is 2.45. The topological polar surface area (TPSA) is 35.0 Å². The zero-order valence-corrected chi connectivity index (χ0v) is 10.7. The summed E-state index contributed by atoms with van der Waals surface area (Å²) in [5.74, 6) is 0.405. The Hall–Kier alpha value is -2.49. The molecule has 100 valence electrons. The summed E-state index contributed by atoms with van der Waals surface area (Å²) in [6, 6.07) is 16.8. The number of alkyl halides is 1. The van der Waals surface area contributed by atoms with Crippen molar-refractivity contribution in [2.24, 2.45) is 0 Å². The van der Waals surface area contributed by atoms with Gasteiger partial charge in [-0.2, -0.15) is 0 Å². The average molecular weight is 268 g/mol. The molecule has 1 unspecified atom stereocenters. The zero-order chi connectivity index (χ0) is 13.8. The number of hydrogen-bond acceptors (Lipinski definition) is 3. The molecule has 0 aliphatic heterocycles. The van der Waals surface area contributed by atoms with Crippen molar-refractivity contribution in [3.05, 3.63) is 66.5 Å². The molecule has 0 fully saturated rings. The van der Waals surface area contributed by atoms with Crippen molar-refractivity contribution < 1.29 is 9.13 Å². The second-order valence-corrected chi connectivity index (χ2v) is 4.37. The van der Waals surface area contributed by atoms with Crippen LogP contribution in [0.25, 0.3) is 10.9 Å². The molecule has 0 saturated carbocycles. The molecule has 2 aromatic carbocycles. The first-order valence-electron chi connectivity index (χ1n) is 6.36. The van der Waals surface area contributed by atoms with Crippen LogP contribution in [0.15, 0.2) is 60.9 Å². The quantitative estimate of drug-likeness (QED) is 0.723. The summed E-state index contributed by atoms with van der Waals surface area (Å²) < 4.78 is 19.0. The van der Waals surface area contributed by atoms with Gasteiger partial charge in [0.1, 0.15) is 13.0 Å². The first kappa shape index (κ1) is 12.5. The lowest BCUT2D eigenvalue weighted by Crippen LogP contribution is -2.10. The second-order valence-electron chi connectivity index (χ2n) is 4.37. The van der Waals surface area contributed by atoms with E-state index in [1.165, 1.54) is 6.33 Å². The monoisotopic (exact) mass is 268 g/mol. The fourth-order valence-electron chi connectivity index (χ4n) is 2.07. The van der Waals surface area contributed by atoms with Crippen LogP contribution in [-0.4, -0.2) is 16.6 Å². The molecule has 1 aromatic heterocycles. The van der Waals surface area contributed by atoms with Crippen molar-refractivity contribution in [3.63, 3.8) is 0 Å². The van der Waals surface area contributed by atoms with Crippen LogP contribution in [0.3, 0.4) is 0 Å². The normalized spacial score (nSPS) is 12.2. The summed E-state index contributed by atoms with van der Waals surface area (Å²) in [6.45, 7) is -0.609. The molecule has 0 radical (unpaired) electrons. The van der Waals surface area contributed by atoms with Crippen molar-refractivity contribution in [3.8, 4) is 5.88 Å². The summed E-state index contributed by atoms with van der Waals surface area (Å²) in [5, 5.41) is 0.782. The van der Waals surface area contributed by atoms with Crippen molar-refractivity contribution in [2.75, 3.05) is 6.67 Å². The standard InChI is InChI=1S/C16H13FN2O/c17-10-15(12-6-2-1-3-7-12)20-16-13-8-4-5-9-14(13)18-11-19-16/h1-9,11,15H,10H2. The first-order valence-corrected chi connectivity index (χ1v) is 6.36. The minimum atomic E-state index is -0.658. The Balaban J connectivity index is 1.96. The molecule has 0 aliphatic carbocycles. The lowest BCUT2D eigenvalue weighted by atomic mass is 10.1. The van der Waals surface area contributed by atoms with Gasteiger partial charge >= 0.3 is 0 Å². The van der Waals surface area contributed by atoms with Crippen LogP contribution < -0.4 is 4.74 Å². The predicted octanol–water partition coefficient (Wildman–Crippen LogP) is 3.72. The summed E-state index contributed by atoms with van der Waals surface area (Å²) in [5.41, 5.74) is 1.57. The third-order valence-electron chi connectivity index (χ3n) is 3.07. The van der Waals surface area contributed by atoms with Crippen LogP contribution in [0.2, 0.25) is 0 Å². The number of rotatable bonds is 4. The number of nitrogens with zero attached hydrogens (tertiary/aromatic N) is 2. The van der Waals surface area contributed by atoms with Gasteiger partial charge in [0.05, 0.1) is 10.9 Å². The number of ether oxygens (including phenoxy) is 1. The van der Waals surface area contributed by atoms with E-state index in [2.05, 4.69) is 9.97 Å². The summed E-state index contributed by atoms with van der Waals surface area (Å²) in [7, 11) is 0. The molecule has 0 bridgehead atoms. The lowest BCUT2D eigenvalue weighted by Gasteiger charge is -2.16. The minimum absolute atomic E-state index is 0.405. The first-order chi connectivity index (χ1) is 9.88. The Morgan fingerprint density at radius 3 is 2.50 bits per heavy atom. The average Bonchev–Trinajstić information content (AvgIpc) is 2.53. The van der Waals surface area contributed by atoms with E-state index in [1.807, 2.05) is 54.6 Å². The molecule has 0 N–H and O–H groups in total. The number of halogens is 1. The molecule has 0 amide bonds. The highest BCUT2D eigenvalue weighted by molar-refractivity contribution is 5.82. The van der Waals surface area contributed by atoms with Gasteiger partial charge in [-0.3, -0.25) is 0 Å². The van der Waals surface area contributed by atoms with Crippen LogP contribution in [0.4, 0.5) is 4.39 Å². The van der Waals surface area contributed by atoms with Crippen molar-refractivity contribution in [2.45, 2.75) is 6.10 Å². The summed E-state index contributed by atoms with van der Waals surface area (Å²) >= 11 is 0. The molecule has 3 rings (SSSR count). The van der Waals surface area contributed by atoms with E-state index in [4.69, 9.17) is 4.74 Å². The van der Waals surface area contributed by atoms with Gasteiger partial charge in [0, 0.05) is 0 Å². The van der Waals surface area contributed by atoms with Crippen LogP contribution in [0.1, 0.15) is 11.7 Å². The van der Waals surface area contributed by atoms with E-state index in [9.17, 15) is 4.39 Å². The van der Waals surface area contributed by atoms with E-state index < -0.39 is 12.8 Å². The highest BCUT2D eigenvalue weighted by Crippen LogP contribution is 2.26. The van der Waals surface area contributed by atoms with Crippen LogP contribution in [-0.2, 0) is 0 Å². The van der Waals surface area contributed by atoms with Gasteiger partial charge in [0.2, 0.25) is 5.88 Å². The van der Waals surface area contributed by atoms with Gasteiger partial charge in [-0.05, 0) is 17.7 Å². The van der Waals surface area contributed by atoms with E-state index in [0.717, 1.165) is 16.5 Å². The Bertz CT molecular complexity index is 698. The minimum Gasteiger partial charge on any atom is -0.466 e.